The van der Waals surface area contributed by atoms with Crippen LogP contribution in [0.15, 0.2) is 0 Å². The van der Waals surface area contributed by atoms with Crippen molar-refractivity contribution >= 4 is 0 Å². The van der Waals surface area contributed by atoms with Crippen LogP contribution in [-0.4, -0.2) is 74.9 Å². The monoisotopic (exact) mass is 241 g/mol. The molecule has 0 radical (unpaired) electrons. The first-order valence-corrected chi connectivity index (χ1v) is 6.74. The summed E-state index contributed by atoms with van der Waals surface area (Å²) in [7, 11) is 4.37. The van der Waals surface area contributed by atoms with E-state index in [4.69, 9.17) is 4.74 Å². The van der Waals surface area contributed by atoms with Gasteiger partial charge < -0.3 is 15.0 Å². The van der Waals surface area contributed by atoms with Crippen molar-refractivity contribution in [2.45, 2.75) is 25.5 Å². The van der Waals surface area contributed by atoms with E-state index in [1.807, 2.05) is 0 Å². The highest BCUT2D eigenvalue weighted by Crippen LogP contribution is 2.20. The van der Waals surface area contributed by atoms with E-state index in [9.17, 15) is 0 Å². The zero-order valence-corrected chi connectivity index (χ0v) is 11.7. The molecule has 0 bridgehead atoms. The number of nitrogens with zero attached hydrogens (tertiary/aromatic N) is 2. The Morgan fingerprint density at radius 2 is 2.06 bits per heavy atom. The zero-order chi connectivity index (χ0) is 12.5. The van der Waals surface area contributed by atoms with E-state index < -0.39 is 0 Å². The molecule has 0 amide bonds. The van der Waals surface area contributed by atoms with E-state index in [1.54, 1.807) is 0 Å². The Balaban J connectivity index is 1.67. The van der Waals surface area contributed by atoms with Crippen LogP contribution in [0.25, 0.3) is 0 Å². The third-order valence-electron chi connectivity index (χ3n) is 4.17. The van der Waals surface area contributed by atoms with E-state index in [0.717, 1.165) is 32.2 Å². The van der Waals surface area contributed by atoms with Gasteiger partial charge >= 0.3 is 0 Å². The molecule has 0 aliphatic carbocycles. The Bertz CT molecular complexity index is 253. The topological polar surface area (TPSA) is 27.7 Å². The molecule has 2 aliphatic heterocycles. The highest BCUT2D eigenvalue weighted by atomic mass is 16.5. The summed E-state index contributed by atoms with van der Waals surface area (Å²) in [5.41, 5.74) is 0.103. The van der Waals surface area contributed by atoms with E-state index >= 15 is 0 Å². The summed E-state index contributed by atoms with van der Waals surface area (Å²) in [4.78, 5) is 4.88. The van der Waals surface area contributed by atoms with Crippen molar-refractivity contribution in [2.75, 3.05) is 53.4 Å². The molecule has 2 saturated heterocycles. The predicted molar refractivity (Wildman–Crippen MR) is 70.3 cm³/mol. The third kappa shape index (κ3) is 3.19. The van der Waals surface area contributed by atoms with Crippen molar-refractivity contribution in [1.82, 2.24) is 15.1 Å². The van der Waals surface area contributed by atoms with Crippen molar-refractivity contribution in [1.29, 1.82) is 0 Å². The van der Waals surface area contributed by atoms with Crippen LogP contribution in [0.3, 0.4) is 0 Å². The summed E-state index contributed by atoms with van der Waals surface area (Å²) in [5.74, 6) is 0.769. The quantitative estimate of drug-likeness (QED) is 0.746. The molecule has 17 heavy (non-hydrogen) atoms. The Kier molecular flexibility index (Phi) is 4.08. The predicted octanol–water partition coefficient (Wildman–Crippen LogP) is 0.247. The van der Waals surface area contributed by atoms with Crippen LogP contribution in [0.1, 0.15) is 13.8 Å². The molecular formula is C13H27N3O. The smallest absolute Gasteiger partial charge is 0.0902 e. The van der Waals surface area contributed by atoms with Crippen molar-refractivity contribution in [3.05, 3.63) is 0 Å². The van der Waals surface area contributed by atoms with Crippen LogP contribution in [-0.2, 0) is 4.74 Å². The minimum absolute atomic E-state index is 0.103. The number of nitrogens with one attached hydrogen (secondary N) is 1. The molecule has 0 spiro atoms. The van der Waals surface area contributed by atoms with Crippen LogP contribution in [0.5, 0.6) is 0 Å². The lowest BCUT2D eigenvalue weighted by atomic mass is 10.0. The zero-order valence-electron chi connectivity index (χ0n) is 11.7. The first-order chi connectivity index (χ1) is 8.00. The molecule has 4 nitrogen and oxygen atoms in total. The van der Waals surface area contributed by atoms with Gasteiger partial charge in [0.05, 0.1) is 12.2 Å². The van der Waals surface area contributed by atoms with Gasteiger partial charge in [-0.05, 0) is 26.9 Å². The van der Waals surface area contributed by atoms with Crippen molar-refractivity contribution < 1.29 is 4.74 Å². The minimum atomic E-state index is 0.103. The number of likely N-dealkylation sites (N-methyl/N-ethyl adjacent to an activating group) is 1. The van der Waals surface area contributed by atoms with Gasteiger partial charge in [0, 0.05) is 38.8 Å². The van der Waals surface area contributed by atoms with Crippen molar-refractivity contribution in [3.8, 4) is 0 Å². The summed E-state index contributed by atoms with van der Waals surface area (Å²) in [6.45, 7) is 10.9. The SMILES string of the molecule is CC1CN(CCOC2(C)CNC2)CC1N(C)C. The minimum Gasteiger partial charge on any atom is -0.371 e. The lowest BCUT2D eigenvalue weighted by Gasteiger charge is -2.39. The molecule has 4 heteroatoms. The Morgan fingerprint density at radius 3 is 2.53 bits per heavy atom. The van der Waals surface area contributed by atoms with E-state index in [2.05, 4.69) is 43.1 Å². The average molecular weight is 241 g/mol. The van der Waals surface area contributed by atoms with Crippen LogP contribution in [0, 0.1) is 5.92 Å². The maximum Gasteiger partial charge on any atom is 0.0902 e. The lowest BCUT2D eigenvalue weighted by Crippen LogP contribution is -2.59. The van der Waals surface area contributed by atoms with Gasteiger partial charge in [-0.2, -0.15) is 0 Å². The van der Waals surface area contributed by atoms with Gasteiger partial charge in [0.15, 0.2) is 0 Å². The normalized spacial score (nSPS) is 33.0. The van der Waals surface area contributed by atoms with Gasteiger partial charge in [0.2, 0.25) is 0 Å². The molecule has 2 unspecified atom stereocenters. The number of rotatable bonds is 5. The Morgan fingerprint density at radius 1 is 1.35 bits per heavy atom. The fourth-order valence-corrected chi connectivity index (χ4v) is 2.90. The lowest BCUT2D eigenvalue weighted by molar-refractivity contribution is -0.0712. The highest BCUT2D eigenvalue weighted by molar-refractivity contribution is 4.91. The number of hydrogen-bond acceptors (Lipinski definition) is 4. The first kappa shape index (κ1) is 13.3. The molecule has 0 saturated carbocycles. The molecule has 2 heterocycles. The second-order valence-corrected chi connectivity index (χ2v) is 6.17. The molecule has 2 atom stereocenters. The van der Waals surface area contributed by atoms with E-state index in [-0.39, 0.29) is 5.60 Å². The summed E-state index contributed by atoms with van der Waals surface area (Å²) in [6, 6.07) is 0.705. The summed E-state index contributed by atoms with van der Waals surface area (Å²) in [5, 5.41) is 3.26. The summed E-state index contributed by atoms with van der Waals surface area (Å²) in [6.07, 6.45) is 0. The maximum atomic E-state index is 5.94. The molecule has 0 aromatic heterocycles. The summed E-state index contributed by atoms with van der Waals surface area (Å²) < 4.78 is 5.94. The van der Waals surface area contributed by atoms with E-state index in [0.29, 0.717) is 6.04 Å². The molecule has 2 rings (SSSR count). The van der Waals surface area contributed by atoms with E-state index in [1.165, 1.54) is 13.1 Å². The van der Waals surface area contributed by atoms with Gasteiger partial charge in [-0.25, -0.2) is 0 Å². The number of hydrogen-bond donors (Lipinski definition) is 1. The van der Waals surface area contributed by atoms with Gasteiger partial charge in [-0.3, -0.25) is 4.90 Å². The Labute approximate surface area is 105 Å². The molecule has 2 fully saturated rings. The van der Waals surface area contributed by atoms with Gasteiger partial charge in [-0.1, -0.05) is 6.92 Å². The van der Waals surface area contributed by atoms with Crippen LogP contribution in [0.2, 0.25) is 0 Å². The van der Waals surface area contributed by atoms with Crippen molar-refractivity contribution in [2.24, 2.45) is 5.92 Å². The summed E-state index contributed by atoms with van der Waals surface area (Å²) >= 11 is 0. The van der Waals surface area contributed by atoms with Crippen LogP contribution >= 0.6 is 0 Å². The number of likely N-dealkylation sites (tertiary alicyclic amines) is 1. The second-order valence-electron chi connectivity index (χ2n) is 6.17. The molecule has 2 aliphatic rings. The largest absolute Gasteiger partial charge is 0.371 e. The molecule has 100 valence electrons. The maximum absolute atomic E-state index is 5.94. The molecule has 1 N–H and O–H groups in total. The first-order valence-electron chi connectivity index (χ1n) is 6.74. The fraction of sp³-hybridized carbons (Fsp3) is 1.00. The second kappa shape index (κ2) is 5.22. The van der Waals surface area contributed by atoms with Gasteiger partial charge in [-0.15, -0.1) is 0 Å². The van der Waals surface area contributed by atoms with Crippen LogP contribution < -0.4 is 5.32 Å². The number of ether oxygens (including phenoxy) is 1. The molecular weight excluding hydrogens is 214 g/mol. The molecule has 0 aromatic carbocycles. The Hall–Kier alpha value is -0.160. The van der Waals surface area contributed by atoms with Gasteiger partial charge in [0.25, 0.3) is 0 Å². The highest BCUT2D eigenvalue weighted by Gasteiger charge is 2.34. The molecule has 0 aromatic rings. The average Bonchev–Trinajstić information content (AvgIpc) is 2.57. The van der Waals surface area contributed by atoms with Gasteiger partial charge in [0.1, 0.15) is 0 Å². The van der Waals surface area contributed by atoms with Crippen LogP contribution in [0.4, 0.5) is 0 Å². The third-order valence-corrected chi connectivity index (χ3v) is 4.17. The fourth-order valence-electron chi connectivity index (χ4n) is 2.90. The van der Waals surface area contributed by atoms with Crippen molar-refractivity contribution in [3.63, 3.8) is 0 Å². The standard InChI is InChI=1S/C13H27N3O/c1-11-7-16(8-12(11)15(3)4)5-6-17-13(2)9-14-10-13/h11-12,14H,5-10H2,1-4H3.